The molecule has 0 fully saturated rings. The van der Waals surface area contributed by atoms with Gasteiger partial charge in [0.25, 0.3) is 0 Å². The van der Waals surface area contributed by atoms with Crippen LogP contribution in [-0.2, 0) is 6.42 Å². The van der Waals surface area contributed by atoms with Gasteiger partial charge in [0.05, 0.1) is 0 Å². The van der Waals surface area contributed by atoms with Crippen LogP contribution in [-0.4, -0.2) is 16.5 Å². The second-order valence-electron chi connectivity index (χ2n) is 6.23. The van der Waals surface area contributed by atoms with E-state index in [0.717, 1.165) is 36.6 Å². The summed E-state index contributed by atoms with van der Waals surface area (Å²) in [7, 11) is 0. The molecule has 1 aromatic heterocycles. The predicted octanol–water partition coefficient (Wildman–Crippen LogP) is 4.88. The van der Waals surface area contributed by atoms with E-state index < -0.39 is 0 Å². The summed E-state index contributed by atoms with van der Waals surface area (Å²) in [5, 5.41) is 6.68. The number of anilines is 3. The standard InChI is InChI=1S/C21H24N4/c1-16-8-6-12-19(14-16)24-21-23-17(2)15-20(25-21)22-13-7-11-18-9-4-3-5-10-18/h3-6,8-10,12,14-15H,7,11,13H2,1-2H3,(H2,22,23,24,25). The molecular formula is C21H24N4. The molecule has 128 valence electrons. The van der Waals surface area contributed by atoms with Crippen LogP contribution in [0.5, 0.6) is 0 Å². The topological polar surface area (TPSA) is 49.8 Å². The minimum atomic E-state index is 0.621. The third-order valence-corrected chi connectivity index (χ3v) is 3.92. The molecule has 3 aromatic rings. The first-order valence-corrected chi connectivity index (χ1v) is 8.66. The molecule has 1 heterocycles. The van der Waals surface area contributed by atoms with Gasteiger partial charge in [-0.1, -0.05) is 42.5 Å². The zero-order valence-corrected chi connectivity index (χ0v) is 14.8. The van der Waals surface area contributed by atoms with Crippen molar-refractivity contribution < 1.29 is 0 Å². The summed E-state index contributed by atoms with van der Waals surface area (Å²) in [4.78, 5) is 9.04. The molecule has 0 amide bonds. The summed E-state index contributed by atoms with van der Waals surface area (Å²) < 4.78 is 0. The van der Waals surface area contributed by atoms with Gasteiger partial charge in [-0.15, -0.1) is 0 Å². The Kier molecular flexibility index (Phi) is 5.62. The number of aromatic nitrogens is 2. The van der Waals surface area contributed by atoms with Crippen molar-refractivity contribution in [3.05, 3.63) is 77.5 Å². The number of nitrogens with one attached hydrogen (secondary N) is 2. The van der Waals surface area contributed by atoms with Gasteiger partial charge in [0, 0.05) is 24.0 Å². The number of benzene rings is 2. The molecule has 0 aliphatic carbocycles. The second-order valence-corrected chi connectivity index (χ2v) is 6.23. The summed E-state index contributed by atoms with van der Waals surface area (Å²) in [6.45, 7) is 4.94. The number of hydrogen-bond acceptors (Lipinski definition) is 4. The van der Waals surface area contributed by atoms with Crippen molar-refractivity contribution in [3.8, 4) is 0 Å². The minimum Gasteiger partial charge on any atom is -0.370 e. The first-order valence-electron chi connectivity index (χ1n) is 8.66. The molecule has 0 radical (unpaired) electrons. The molecule has 2 N–H and O–H groups in total. The lowest BCUT2D eigenvalue weighted by Gasteiger charge is -2.10. The van der Waals surface area contributed by atoms with Crippen molar-refractivity contribution in [2.45, 2.75) is 26.7 Å². The molecule has 0 bridgehead atoms. The van der Waals surface area contributed by atoms with E-state index >= 15 is 0 Å². The summed E-state index contributed by atoms with van der Waals surface area (Å²) in [5.41, 5.74) is 4.51. The largest absolute Gasteiger partial charge is 0.370 e. The minimum absolute atomic E-state index is 0.621. The van der Waals surface area contributed by atoms with E-state index in [1.807, 2.05) is 31.2 Å². The Balaban J connectivity index is 1.57. The second kappa shape index (κ2) is 8.29. The Morgan fingerprint density at radius 2 is 1.72 bits per heavy atom. The van der Waals surface area contributed by atoms with E-state index in [2.05, 4.69) is 63.9 Å². The summed E-state index contributed by atoms with van der Waals surface area (Å²) >= 11 is 0. The maximum atomic E-state index is 4.57. The zero-order chi connectivity index (χ0) is 17.5. The molecule has 0 spiro atoms. The van der Waals surface area contributed by atoms with Gasteiger partial charge in [-0.05, 0) is 49.9 Å². The summed E-state index contributed by atoms with van der Waals surface area (Å²) in [6.07, 6.45) is 2.13. The van der Waals surface area contributed by atoms with Gasteiger partial charge in [-0.2, -0.15) is 4.98 Å². The smallest absolute Gasteiger partial charge is 0.229 e. The molecule has 0 saturated carbocycles. The molecule has 4 heteroatoms. The monoisotopic (exact) mass is 332 g/mol. The molecule has 3 rings (SSSR count). The number of aryl methyl sites for hydroxylation is 3. The normalized spacial score (nSPS) is 10.5. The van der Waals surface area contributed by atoms with Gasteiger partial charge >= 0.3 is 0 Å². The third kappa shape index (κ3) is 5.31. The highest BCUT2D eigenvalue weighted by Crippen LogP contribution is 2.17. The number of hydrogen-bond donors (Lipinski definition) is 2. The van der Waals surface area contributed by atoms with Crippen molar-refractivity contribution >= 4 is 17.5 Å². The first-order chi connectivity index (χ1) is 12.2. The molecule has 0 aliphatic rings. The Morgan fingerprint density at radius 3 is 2.52 bits per heavy atom. The van der Waals surface area contributed by atoms with Crippen LogP contribution in [0.25, 0.3) is 0 Å². The summed E-state index contributed by atoms with van der Waals surface area (Å²) in [6, 6.07) is 20.7. The van der Waals surface area contributed by atoms with E-state index in [-0.39, 0.29) is 0 Å². The Bertz CT molecular complexity index is 815. The van der Waals surface area contributed by atoms with Crippen LogP contribution in [0.1, 0.15) is 23.2 Å². The van der Waals surface area contributed by atoms with Gasteiger partial charge in [0.2, 0.25) is 5.95 Å². The lowest BCUT2D eigenvalue weighted by Crippen LogP contribution is -2.07. The van der Waals surface area contributed by atoms with Crippen molar-refractivity contribution in [1.29, 1.82) is 0 Å². The molecule has 0 atom stereocenters. The van der Waals surface area contributed by atoms with Crippen LogP contribution in [0, 0.1) is 13.8 Å². The van der Waals surface area contributed by atoms with E-state index in [0.29, 0.717) is 5.95 Å². The molecule has 0 saturated heterocycles. The molecule has 0 unspecified atom stereocenters. The van der Waals surface area contributed by atoms with E-state index in [1.54, 1.807) is 0 Å². The summed E-state index contributed by atoms with van der Waals surface area (Å²) in [5.74, 6) is 1.48. The lowest BCUT2D eigenvalue weighted by atomic mass is 10.1. The van der Waals surface area contributed by atoms with Crippen LogP contribution in [0.2, 0.25) is 0 Å². The molecule has 0 aliphatic heterocycles. The average molecular weight is 332 g/mol. The van der Waals surface area contributed by atoms with E-state index in [1.165, 1.54) is 11.1 Å². The Hall–Kier alpha value is -2.88. The van der Waals surface area contributed by atoms with Crippen molar-refractivity contribution in [3.63, 3.8) is 0 Å². The number of rotatable bonds is 7. The fourth-order valence-corrected chi connectivity index (χ4v) is 2.72. The fourth-order valence-electron chi connectivity index (χ4n) is 2.72. The molecular weight excluding hydrogens is 308 g/mol. The van der Waals surface area contributed by atoms with Gasteiger partial charge in [-0.3, -0.25) is 0 Å². The van der Waals surface area contributed by atoms with Crippen molar-refractivity contribution in [2.24, 2.45) is 0 Å². The third-order valence-electron chi connectivity index (χ3n) is 3.92. The lowest BCUT2D eigenvalue weighted by molar-refractivity contribution is 0.857. The molecule has 2 aromatic carbocycles. The van der Waals surface area contributed by atoms with Gasteiger partial charge in [-0.25, -0.2) is 4.98 Å². The van der Waals surface area contributed by atoms with Crippen LogP contribution in [0.15, 0.2) is 60.7 Å². The van der Waals surface area contributed by atoms with Crippen LogP contribution in [0.3, 0.4) is 0 Å². The molecule has 25 heavy (non-hydrogen) atoms. The maximum Gasteiger partial charge on any atom is 0.229 e. The van der Waals surface area contributed by atoms with E-state index in [4.69, 9.17) is 0 Å². The SMILES string of the molecule is Cc1cccc(Nc2nc(C)cc(NCCCc3ccccc3)n2)c1. The number of nitrogens with zero attached hydrogens (tertiary/aromatic N) is 2. The zero-order valence-electron chi connectivity index (χ0n) is 14.8. The highest BCUT2D eigenvalue weighted by atomic mass is 15.1. The van der Waals surface area contributed by atoms with Crippen LogP contribution >= 0.6 is 0 Å². The van der Waals surface area contributed by atoms with Crippen LogP contribution in [0.4, 0.5) is 17.5 Å². The fraction of sp³-hybridized carbons (Fsp3) is 0.238. The van der Waals surface area contributed by atoms with E-state index in [9.17, 15) is 0 Å². The quantitative estimate of drug-likeness (QED) is 0.605. The first kappa shape index (κ1) is 17.0. The van der Waals surface area contributed by atoms with Crippen molar-refractivity contribution in [1.82, 2.24) is 9.97 Å². The average Bonchev–Trinajstić information content (AvgIpc) is 2.59. The molecule has 4 nitrogen and oxygen atoms in total. The van der Waals surface area contributed by atoms with Crippen LogP contribution < -0.4 is 10.6 Å². The Morgan fingerprint density at radius 1 is 0.880 bits per heavy atom. The highest BCUT2D eigenvalue weighted by Gasteiger charge is 2.03. The van der Waals surface area contributed by atoms with Gasteiger partial charge < -0.3 is 10.6 Å². The predicted molar refractivity (Wildman–Crippen MR) is 104 cm³/mol. The Labute approximate surface area is 149 Å². The maximum absolute atomic E-state index is 4.57. The highest BCUT2D eigenvalue weighted by molar-refractivity contribution is 5.56. The van der Waals surface area contributed by atoms with Gasteiger partial charge in [0.1, 0.15) is 5.82 Å². The van der Waals surface area contributed by atoms with Gasteiger partial charge in [0.15, 0.2) is 0 Å². The van der Waals surface area contributed by atoms with Crippen molar-refractivity contribution in [2.75, 3.05) is 17.2 Å².